The molecule has 2 heterocycles. The summed E-state index contributed by atoms with van der Waals surface area (Å²) in [6.07, 6.45) is 1.82. The smallest absolute Gasteiger partial charge is 0.242 e. The molecule has 0 bridgehead atoms. The summed E-state index contributed by atoms with van der Waals surface area (Å²) in [6, 6.07) is 2.89. The number of carbonyl (C=O) groups is 2. The molecule has 1 aromatic carbocycles. The summed E-state index contributed by atoms with van der Waals surface area (Å²) >= 11 is 0. The van der Waals surface area contributed by atoms with E-state index in [0.29, 0.717) is 52.0 Å². The average Bonchev–Trinajstić information content (AvgIpc) is 2.63. The standard InChI is InChI=1S/C18H22F2N2O3/c19-13-1-2-15(20)14(11-13)16(23)12-3-7-22(8-4-12)17(24)18(21)5-9-25-10-6-18/h1-2,11-12H,3-10,21H2. The molecule has 0 saturated carbocycles. The Morgan fingerprint density at radius 2 is 1.80 bits per heavy atom. The van der Waals surface area contributed by atoms with Crippen LogP contribution in [0.3, 0.4) is 0 Å². The largest absolute Gasteiger partial charge is 0.381 e. The van der Waals surface area contributed by atoms with Gasteiger partial charge in [0.25, 0.3) is 0 Å². The third-order valence-electron chi connectivity index (χ3n) is 5.16. The summed E-state index contributed by atoms with van der Waals surface area (Å²) in [5.74, 6) is -2.28. The summed E-state index contributed by atoms with van der Waals surface area (Å²) in [5, 5.41) is 0. The number of nitrogens with two attached hydrogens (primary N) is 1. The molecule has 3 rings (SSSR count). The van der Waals surface area contributed by atoms with Gasteiger partial charge in [-0.2, -0.15) is 0 Å². The zero-order valence-corrected chi connectivity index (χ0v) is 14.0. The number of hydrogen-bond donors (Lipinski definition) is 1. The number of ether oxygens (including phenoxy) is 1. The number of benzene rings is 1. The van der Waals surface area contributed by atoms with Crippen LogP contribution >= 0.6 is 0 Å². The van der Waals surface area contributed by atoms with E-state index in [1.165, 1.54) is 0 Å². The fourth-order valence-corrected chi connectivity index (χ4v) is 3.52. The van der Waals surface area contributed by atoms with Crippen molar-refractivity contribution in [3.63, 3.8) is 0 Å². The lowest BCUT2D eigenvalue weighted by atomic mass is 9.85. The van der Waals surface area contributed by atoms with Crippen LogP contribution in [0.1, 0.15) is 36.0 Å². The molecule has 2 aliphatic heterocycles. The Hall–Kier alpha value is -1.86. The number of Topliss-reactive ketones (excluding diaryl/α,β-unsaturated/α-hetero) is 1. The Morgan fingerprint density at radius 3 is 2.44 bits per heavy atom. The van der Waals surface area contributed by atoms with E-state index in [2.05, 4.69) is 0 Å². The molecular weight excluding hydrogens is 330 g/mol. The number of amides is 1. The highest BCUT2D eigenvalue weighted by molar-refractivity contribution is 5.98. The van der Waals surface area contributed by atoms with Gasteiger partial charge in [0, 0.05) is 32.2 Å². The molecule has 2 fully saturated rings. The molecule has 0 radical (unpaired) electrons. The molecule has 0 aliphatic carbocycles. The van der Waals surface area contributed by atoms with Crippen molar-refractivity contribution in [2.45, 2.75) is 31.2 Å². The zero-order chi connectivity index (χ0) is 18.0. The second-order valence-electron chi connectivity index (χ2n) is 6.82. The number of piperidine rings is 1. The predicted molar refractivity (Wildman–Crippen MR) is 87.0 cm³/mol. The van der Waals surface area contributed by atoms with Crippen molar-refractivity contribution >= 4 is 11.7 Å². The van der Waals surface area contributed by atoms with Crippen LogP contribution in [0, 0.1) is 17.6 Å². The highest BCUT2D eigenvalue weighted by Crippen LogP contribution is 2.27. The van der Waals surface area contributed by atoms with Crippen LogP contribution in [-0.4, -0.2) is 48.4 Å². The first-order valence-corrected chi connectivity index (χ1v) is 8.56. The van der Waals surface area contributed by atoms with Gasteiger partial charge in [-0.05, 0) is 43.9 Å². The number of halogens is 2. The third-order valence-corrected chi connectivity index (χ3v) is 5.16. The summed E-state index contributed by atoms with van der Waals surface area (Å²) < 4.78 is 32.3. The van der Waals surface area contributed by atoms with Gasteiger partial charge in [0.2, 0.25) is 5.91 Å². The van der Waals surface area contributed by atoms with Crippen molar-refractivity contribution in [3.05, 3.63) is 35.4 Å². The van der Waals surface area contributed by atoms with Gasteiger partial charge in [-0.15, -0.1) is 0 Å². The van der Waals surface area contributed by atoms with E-state index in [0.717, 1.165) is 18.2 Å². The Balaban J connectivity index is 1.62. The molecule has 7 heteroatoms. The van der Waals surface area contributed by atoms with Crippen LogP contribution in [-0.2, 0) is 9.53 Å². The summed E-state index contributed by atoms with van der Waals surface area (Å²) in [4.78, 5) is 26.8. The minimum atomic E-state index is -0.899. The first-order valence-electron chi connectivity index (χ1n) is 8.56. The molecule has 1 amide bonds. The van der Waals surface area contributed by atoms with E-state index >= 15 is 0 Å². The molecule has 2 aliphatic rings. The second-order valence-corrected chi connectivity index (χ2v) is 6.82. The monoisotopic (exact) mass is 352 g/mol. The van der Waals surface area contributed by atoms with Crippen molar-refractivity contribution in [1.29, 1.82) is 0 Å². The SMILES string of the molecule is NC1(C(=O)N2CCC(C(=O)c3cc(F)ccc3F)CC2)CCOCC1. The van der Waals surface area contributed by atoms with Crippen LogP contribution in [0.4, 0.5) is 8.78 Å². The van der Waals surface area contributed by atoms with Crippen molar-refractivity contribution in [2.75, 3.05) is 26.3 Å². The topological polar surface area (TPSA) is 72.6 Å². The molecule has 0 spiro atoms. The summed E-state index contributed by atoms with van der Waals surface area (Å²) in [6.45, 7) is 1.73. The Bertz CT molecular complexity index is 666. The van der Waals surface area contributed by atoms with Crippen LogP contribution in [0.25, 0.3) is 0 Å². The average molecular weight is 352 g/mol. The van der Waals surface area contributed by atoms with Gasteiger partial charge in [-0.25, -0.2) is 8.78 Å². The minimum absolute atomic E-state index is 0.112. The van der Waals surface area contributed by atoms with Gasteiger partial charge in [0.1, 0.15) is 11.6 Å². The highest BCUT2D eigenvalue weighted by atomic mass is 19.1. The van der Waals surface area contributed by atoms with Gasteiger partial charge in [-0.3, -0.25) is 9.59 Å². The van der Waals surface area contributed by atoms with Gasteiger partial charge in [-0.1, -0.05) is 0 Å². The Kier molecular flexibility index (Phi) is 5.15. The van der Waals surface area contributed by atoms with Crippen molar-refractivity contribution < 1.29 is 23.1 Å². The fourth-order valence-electron chi connectivity index (χ4n) is 3.52. The molecule has 2 saturated heterocycles. The zero-order valence-electron chi connectivity index (χ0n) is 14.0. The van der Waals surface area contributed by atoms with Crippen LogP contribution in [0.15, 0.2) is 18.2 Å². The normalized spacial score (nSPS) is 21.2. The number of ketones is 1. The maximum absolute atomic E-state index is 13.8. The van der Waals surface area contributed by atoms with Crippen molar-refractivity contribution in [3.8, 4) is 0 Å². The quantitative estimate of drug-likeness (QED) is 0.844. The molecule has 136 valence electrons. The third kappa shape index (κ3) is 3.72. The van der Waals surface area contributed by atoms with Gasteiger partial charge in [0.05, 0.1) is 11.1 Å². The van der Waals surface area contributed by atoms with E-state index < -0.39 is 28.9 Å². The molecule has 0 unspecified atom stereocenters. The van der Waals surface area contributed by atoms with Crippen molar-refractivity contribution in [2.24, 2.45) is 11.7 Å². The van der Waals surface area contributed by atoms with Crippen LogP contribution in [0.5, 0.6) is 0 Å². The fraction of sp³-hybridized carbons (Fsp3) is 0.556. The van der Waals surface area contributed by atoms with E-state index in [-0.39, 0.29) is 11.5 Å². The second kappa shape index (κ2) is 7.17. The summed E-state index contributed by atoms with van der Waals surface area (Å²) in [7, 11) is 0. The molecular formula is C18H22F2N2O3. The van der Waals surface area contributed by atoms with Gasteiger partial charge < -0.3 is 15.4 Å². The predicted octanol–water partition coefficient (Wildman–Crippen LogP) is 1.89. The lowest BCUT2D eigenvalue weighted by Crippen LogP contribution is -2.59. The first kappa shape index (κ1) is 17.9. The Morgan fingerprint density at radius 1 is 1.16 bits per heavy atom. The molecule has 25 heavy (non-hydrogen) atoms. The van der Waals surface area contributed by atoms with Crippen LogP contribution in [0.2, 0.25) is 0 Å². The molecule has 5 nitrogen and oxygen atoms in total. The molecule has 1 aromatic rings. The van der Waals surface area contributed by atoms with Crippen LogP contribution < -0.4 is 5.73 Å². The molecule has 0 atom stereocenters. The number of carbonyl (C=O) groups excluding carboxylic acids is 2. The molecule has 2 N–H and O–H groups in total. The van der Waals surface area contributed by atoms with Crippen molar-refractivity contribution in [1.82, 2.24) is 4.90 Å². The Labute approximate surface area is 145 Å². The van der Waals surface area contributed by atoms with E-state index in [1.807, 2.05) is 0 Å². The number of likely N-dealkylation sites (tertiary alicyclic amines) is 1. The van der Waals surface area contributed by atoms with E-state index in [1.54, 1.807) is 4.90 Å². The minimum Gasteiger partial charge on any atom is -0.381 e. The van der Waals surface area contributed by atoms with E-state index in [4.69, 9.17) is 10.5 Å². The number of rotatable bonds is 3. The van der Waals surface area contributed by atoms with Gasteiger partial charge in [0.15, 0.2) is 5.78 Å². The summed E-state index contributed by atoms with van der Waals surface area (Å²) in [5.41, 5.74) is 5.11. The van der Waals surface area contributed by atoms with Gasteiger partial charge >= 0.3 is 0 Å². The number of hydrogen-bond acceptors (Lipinski definition) is 4. The maximum Gasteiger partial charge on any atom is 0.242 e. The maximum atomic E-state index is 13.8. The highest BCUT2D eigenvalue weighted by Gasteiger charge is 2.40. The first-order chi connectivity index (χ1) is 11.9. The van der Waals surface area contributed by atoms with E-state index in [9.17, 15) is 18.4 Å². The lowest BCUT2D eigenvalue weighted by molar-refractivity contribution is -0.141. The molecule has 0 aromatic heterocycles. The lowest BCUT2D eigenvalue weighted by Gasteiger charge is -2.39. The number of nitrogens with zero attached hydrogens (tertiary/aromatic N) is 1.